The van der Waals surface area contributed by atoms with Crippen molar-refractivity contribution in [2.24, 2.45) is 5.73 Å². The van der Waals surface area contributed by atoms with Gasteiger partial charge in [-0.25, -0.2) is 0 Å². The zero-order valence-electron chi connectivity index (χ0n) is 10.2. The molecule has 1 saturated carbocycles. The number of hydrogen-bond acceptors (Lipinski definition) is 2. The van der Waals surface area contributed by atoms with E-state index in [1.54, 1.807) is 18.2 Å². The Morgan fingerprint density at radius 3 is 2.53 bits per heavy atom. The molecular weight excluding hydrogens is 348 g/mol. The molecule has 3 N–H and O–H groups in total. The highest BCUT2D eigenvalue weighted by molar-refractivity contribution is 9.10. The third-order valence-electron chi connectivity index (χ3n) is 3.41. The molecule has 0 bridgehead atoms. The van der Waals surface area contributed by atoms with Gasteiger partial charge in [-0.05, 0) is 31.0 Å². The smallest absolute Gasteiger partial charge is 0.252 e. The maximum atomic E-state index is 12.3. The van der Waals surface area contributed by atoms with Gasteiger partial charge in [0.1, 0.15) is 0 Å². The first-order valence-corrected chi connectivity index (χ1v) is 7.59. The molecule has 1 aromatic rings. The van der Waals surface area contributed by atoms with Crippen molar-refractivity contribution in [3.63, 3.8) is 0 Å². The van der Waals surface area contributed by atoms with E-state index in [0.717, 1.165) is 30.2 Å². The zero-order chi connectivity index (χ0) is 14.0. The van der Waals surface area contributed by atoms with Crippen molar-refractivity contribution in [1.29, 1.82) is 0 Å². The van der Waals surface area contributed by atoms with Gasteiger partial charge in [0, 0.05) is 15.1 Å². The predicted octanol–water partition coefficient (Wildman–Crippen LogP) is 3.43. The van der Waals surface area contributed by atoms with Crippen LogP contribution in [0.1, 0.15) is 36.0 Å². The average Bonchev–Trinajstić information content (AvgIpc) is 2.77. The molecule has 1 aliphatic carbocycles. The fourth-order valence-electron chi connectivity index (χ4n) is 2.39. The maximum absolute atomic E-state index is 12.3. The highest BCUT2D eigenvalue weighted by Crippen LogP contribution is 2.30. The van der Waals surface area contributed by atoms with Crippen molar-refractivity contribution in [3.05, 3.63) is 33.3 Å². The quantitative estimate of drug-likeness (QED) is 0.811. The lowest BCUT2D eigenvalue weighted by atomic mass is 9.97. The van der Waals surface area contributed by atoms with Crippen LogP contribution in [0.5, 0.6) is 0 Å². The SMILES string of the molecule is NC(=S)C1(NC(=O)c2cc(Cl)cc(Br)c2)CCCC1. The van der Waals surface area contributed by atoms with Crippen LogP contribution in [0.2, 0.25) is 5.02 Å². The molecule has 0 unspecified atom stereocenters. The van der Waals surface area contributed by atoms with Crippen molar-refractivity contribution in [3.8, 4) is 0 Å². The Bertz CT molecular complexity index is 509. The summed E-state index contributed by atoms with van der Waals surface area (Å²) in [5, 5.41) is 3.49. The molecule has 0 atom stereocenters. The molecule has 6 heteroatoms. The molecular formula is C13H14BrClN2OS. The van der Waals surface area contributed by atoms with Crippen LogP contribution in [0, 0.1) is 0 Å². The zero-order valence-corrected chi connectivity index (χ0v) is 13.4. The van der Waals surface area contributed by atoms with E-state index in [1.165, 1.54) is 0 Å². The van der Waals surface area contributed by atoms with Gasteiger partial charge in [-0.1, -0.05) is 52.6 Å². The van der Waals surface area contributed by atoms with Gasteiger partial charge in [0.05, 0.1) is 10.5 Å². The molecule has 1 aliphatic rings. The van der Waals surface area contributed by atoms with E-state index >= 15 is 0 Å². The number of rotatable bonds is 3. The van der Waals surface area contributed by atoms with Crippen molar-refractivity contribution in [2.75, 3.05) is 0 Å². The Balaban J connectivity index is 2.22. The minimum Gasteiger partial charge on any atom is -0.391 e. The molecule has 0 aliphatic heterocycles. The molecule has 0 heterocycles. The summed E-state index contributed by atoms with van der Waals surface area (Å²) in [6, 6.07) is 5.09. The summed E-state index contributed by atoms with van der Waals surface area (Å²) in [4.78, 5) is 12.7. The fraction of sp³-hybridized carbons (Fsp3) is 0.385. The van der Waals surface area contributed by atoms with E-state index < -0.39 is 5.54 Å². The summed E-state index contributed by atoms with van der Waals surface area (Å²) in [6.45, 7) is 0. The second kappa shape index (κ2) is 5.77. The number of benzene rings is 1. The van der Waals surface area contributed by atoms with Crippen molar-refractivity contribution in [1.82, 2.24) is 5.32 Å². The molecule has 1 amide bonds. The summed E-state index contributed by atoms with van der Waals surface area (Å²) in [7, 11) is 0. The second-order valence-electron chi connectivity index (χ2n) is 4.77. The van der Waals surface area contributed by atoms with Crippen LogP contribution >= 0.6 is 39.7 Å². The molecule has 1 fully saturated rings. The number of nitrogens with two attached hydrogens (primary N) is 1. The van der Waals surface area contributed by atoms with Gasteiger partial charge in [-0.2, -0.15) is 0 Å². The van der Waals surface area contributed by atoms with Crippen LogP contribution < -0.4 is 11.1 Å². The lowest BCUT2D eigenvalue weighted by molar-refractivity contribution is 0.0924. The summed E-state index contributed by atoms with van der Waals surface area (Å²) >= 11 is 14.4. The molecule has 0 spiro atoms. The first-order chi connectivity index (χ1) is 8.93. The Kier molecular flexibility index (Phi) is 4.48. The molecule has 2 rings (SSSR count). The van der Waals surface area contributed by atoms with Gasteiger partial charge >= 0.3 is 0 Å². The first-order valence-electron chi connectivity index (χ1n) is 6.01. The normalized spacial score (nSPS) is 17.2. The van der Waals surface area contributed by atoms with Gasteiger partial charge in [-0.3, -0.25) is 4.79 Å². The lowest BCUT2D eigenvalue weighted by Gasteiger charge is -2.29. The van der Waals surface area contributed by atoms with Crippen LogP contribution in [0.25, 0.3) is 0 Å². The number of carbonyl (C=O) groups is 1. The van der Waals surface area contributed by atoms with E-state index in [0.29, 0.717) is 15.6 Å². The van der Waals surface area contributed by atoms with E-state index in [4.69, 9.17) is 29.6 Å². The molecule has 0 saturated heterocycles. The minimum atomic E-state index is -0.540. The van der Waals surface area contributed by atoms with Crippen molar-refractivity contribution < 1.29 is 4.79 Å². The van der Waals surface area contributed by atoms with Crippen molar-refractivity contribution in [2.45, 2.75) is 31.2 Å². The van der Waals surface area contributed by atoms with Gasteiger partial charge in [0.2, 0.25) is 0 Å². The summed E-state index contributed by atoms with van der Waals surface area (Å²) < 4.78 is 0.765. The predicted molar refractivity (Wildman–Crippen MR) is 84.6 cm³/mol. The topological polar surface area (TPSA) is 55.1 Å². The lowest BCUT2D eigenvalue weighted by Crippen LogP contribution is -2.54. The molecule has 0 radical (unpaired) electrons. The van der Waals surface area contributed by atoms with Gasteiger partial charge in [-0.15, -0.1) is 0 Å². The van der Waals surface area contributed by atoms with Gasteiger partial charge in [0.25, 0.3) is 5.91 Å². The summed E-state index contributed by atoms with van der Waals surface area (Å²) in [5.41, 5.74) is 5.76. The Labute approximate surface area is 131 Å². The largest absolute Gasteiger partial charge is 0.391 e. The number of carbonyl (C=O) groups excluding carboxylic acids is 1. The number of thiocarbonyl (C=S) groups is 1. The Morgan fingerprint density at radius 1 is 1.37 bits per heavy atom. The van der Waals surface area contributed by atoms with Crippen molar-refractivity contribution >= 4 is 50.6 Å². The first kappa shape index (κ1) is 14.8. The number of nitrogens with one attached hydrogen (secondary N) is 1. The number of halogens is 2. The van der Waals surface area contributed by atoms with E-state index in [1.807, 2.05) is 0 Å². The van der Waals surface area contributed by atoms with Crippen LogP contribution in [0.4, 0.5) is 0 Å². The number of amides is 1. The molecule has 102 valence electrons. The molecule has 1 aromatic carbocycles. The van der Waals surface area contributed by atoms with Crippen LogP contribution in [-0.4, -0.2) is 16.4 Å². The van der Waals surface area contributed by atoms with E-state index in [2.05, 4.69) is 21.2 Å². The average molecular weight is 362 g/mol. The minimum absolute atomic E-state index is 0.196. The molecule has 3 nitrogen and oxygen atoms in total. The highest BCUT2D eigenvalue weighted by Gasteiger charge is 2.38. The third kappa shape index (κ3) is 3.27. The van der Waals surface area contributed by atoms with Crippen LogP contribution in [0.3, 0.4) is 0 Å². The highest BCUT2D eigenvalue weighted by atomic mass is 79.9. The Morgan fingerprint density at radius 2 is 2.00 bits per heavy atom. The van der Waals surface area contributed by atoms with Crippen LogP contribution in [-0.2, 0) is 0 Å². The van der Waals surface area contributed by atoms with E-state index in [-0.39, 0.29) is 5.91 Å². The van der Waals surface area contributed by atoms with Gasteiger partial charge in [0.15, 0.2) is 0 Å². The molecule has 19 heavy (non-hydrogen) atoms. The standard InChI is InChI=1S/C13H14BrClN2OS/c14-9-5-8(6-10(15)7-9)11(18)17-13(12(16)19)3-1-2-4-13/h5-7H,1-4H2,(H2,16,19)(H,17,18). The van der Waals surface area contributed by atoms with Crippen LogP contribution in [0.15, 0.2) is 22.7 Å². The summed E-state index contributed by atoms with van der Waals surface area (Å²) in [6.07, 6.45) is 3.65. The fourth-order valence-corrected chi connectivity index (χ4v) is 3.50. The van der Waals surface area contributed by atoms with Gasteiger partial charge < -0.3 is 11.1 Å². The Hall–Kier alpha value is -0.650. The second-order valence-corrected chi connectivity index (χ2v) is 6.56. The van der Waals surface area contributed by atoms with E-state index in [9.17, 15) is 4.79 Å². The number of hydrogen-bond donors (Lipinski definition) is 2. The maximum Gasteiger partial charge on any atom is 0.252 e. The summed E-state index contributed by atoms with van der Waals surface area (Å²) in [5.74, 6) is -0.196. The molecule has 0 aromatic heterocycles. The monoisotopic (exact) mass is 360 g/mol. The third-order valence-corrected chi connectivity index (χ3v) is 4.47.